The first kappa shape index (κ1) is 25.2. The van der Waals surface area contributed by atoms with Crippen LogP contribution < -0.4 is 14.2 Å². The zero-order valence-corrected chi connectivity index (χ0v) is 21.0. The molecule has 2 unspecified atom stereocenters. The number of fused-ring (bicyclic) bond motifs is 1. The van der Waals surface area contributed by atoms with E-state index in [1.165, 1.54) is 18.9 Å². The van der Waals surface area contributed by atoms with Crippen molar-refractivity contribution in [1.29, 1.82) is 0 Å². The summed E-state index contributed by atoms with van der Waals surface area (Å²) in [7, 11) is 5.18. The van der Waals surface area contributed by atoms with E-state index in [1.807, 2.05) is 25.9 Å². The summed E-state index contributed by atoms with van der Waals surface area (Å²) in [4.78, 5) is 41.4. The van der Waals surface area contributed by atoms with E-state index in [9.17, 15) is 19.5 Å². The summed E-state index contributed by atoms with van der Waals surface area (Å²) in [5, 5.41) is 11.4. The van der Waals surface area contributed by atoms with Crippen LogP contribution in [0.5, 0.6) is 17.2 Å². The molecule has 36 heavy (non-hydrogen) atoms. The Hall–Kier alpha value is -3.85. The van der Waals surface area contributed by atoms with Crippen molar-refractivity contribution in [3.63, 3.8) is 0 Å². The van der Waals surface area contributed by atoms with Crippen LogP contribution in [0.3, 0.4) is 0 Å². The van der Waals surface area contributed by atoms with Gasteiger partial charge in [-0.15, -0.1) is 0 Å². The molecule has 2 aliphatic heterocycles. The summed E-state index contributed by atoms with van der Waals surface area (Å²) in [5.41, 5.74) is 1.83. The van der Waals surface area contributed by atoms with E-state index in [0.29, 0.717) is 29.8 Å². The van der Waals surface area contributed by atoms with Crippen LogP contribution in [-0.2, 0) is 20.8 Å². The second-order valence-electron chi connectivity index (χ2n) is 9.25. The fraction of sp³-hybridized carbons (Fsp3) is 0.370. The second kappa shape index (κ2) is 10.0. The molecule has 0 spiro atoms. The standard InChI is InChI=1S/C27H30N2O7/c1-15-12-19-13-18(7-8-20(19)35-15)25(31)23-24(29(11-10-28(3)4)27(33)26(23)32)17-6-9-21(34-5)22(14-17)36-16(2)30/h6-9,13-15,24,31H,10-12H2,1-5H3/b25-23+. The molecule has 2 heterocycles. The van der Waals surface area contributed by atoms with Crippen LogP contribution in [0.1, 0.15) is 36.6 Å². The van der Waals surface area contributed by atoms with Gasteiger partial charge in [-0.1, -0.05) is 6.07 Å². The molecule has 190 valence electrons. The summed E-state index contributed by atoms with van der Waals surface area (Å²) in [5.74, 6) is -1.06. The Morgan fingerprint density at radius 2 is 1.92 bits per heavy atom. The molecule has 0 aromatic heterocycles. The van der Waals surface area contributed by atoms with Gasteiger partial charge < -0.3 is 29.1 Å². The number of carbonyl (C=O) groups is 3. The Labute approximate surface area is 209 Å². The molecular formula is C27H30N2O7. The SMILES string of the molecule is COc1ccc(C2/C(=C(\O)c3ccc4c(c3)CC(C)O4)C(=O)C(=O)N2CCN(C)C)cc1OC(C)=O. The van der Waals surface area contributed by atoms with Crippen molar-refractivity contribution in [3.8, 4) is 17.2 Å². The first-order chi connectivity index (χ1) is 17.1. The van der Waals surface area contributed by atoms with Crippen LogP contribution in [0, 0.1) is 0 Å². The quantitative estimate of drug-likeness (QED) is 0.206. The van der Waals surface area contributed by atoms with E-state index in [0.717, 1.165) is 11.3 Å². The van der Waals surface area contributed by atoms with Gasteiger partial charge in [0.25, 0.3) is 11.7 Å². The van der Waals surface area contributed by atoms with Crippen molar-refractivity contribution < 1.29 is 33.7 Å². The lowest BCUT2D eigenvalue weighted by Gasteiger charge is -2.27. The smallest absolute Gasteiger partial charge is 0.308 e. The first-order valence-corrected chi connectivity index (χ1v) is 11.7. The third-order valence-corrected chi connectivity index (χ3v) is 6.25. The van der Waals surface area contributed by atoms with Gasteiger partial charge in [0.2, 0.25) is 0 Å². The van der Waals surface area contributed by atoms with Crippen molar-refractivity contribution in [1.82, 2.24) is 9.80 Å². The van der Waals surface area contributed by atoms with E-state index in [1.54, 1.807) is 36.4 Å². The maximum absolute atomic E-state index is 13.3. The van der Waals surface area contributed by atoms with Crippen molar-refractivity contribution in [3.05, 3.63) is 58.7 Å². The number of hydrogen-bond acceptors (Lipinski definition) is 8. The molecule has 9 heteroatoms. The maximum Gasteiger partial charge on any atom is 0.308 e. The van der Waals surface area contributed by atoms with Crippen LogP contribution >= 0.6 is 0 Å². The van der Waals surface area contributed by atoms with Gasteiger partial charge >= 0.3 is 5.97 Å². The molecule has 9 nitrogen and oxygen atoms in total. The van der Waals surface area contributed by atoms with Crippen LogP contribution in [0.15, 0.2) is 42.0 Å². The number of rotatable bonds is 7. The van der Waals surface area contributed by atoms with Gasteiger partial charge in [-0.05, 0) is 62.5 Å². The minimum atomic E-state index is -0.881. The predicted octanol–water partition coefficient (Wildman–Crippen LogP) is 2.93. The van der Waals surface area contributed by atoms with Crippen molar-refractivity contribution >= 4 is 23.4 Å². The van der Waals surface area contributed by atoms with E-state index in [2.05, 4.69) is 0 Å². The Balaban J connectivity index is 1.85. The zero-order chi connectivity index (χ0) is 26.1. The maximum atomic E-state index is 13.3. The average molecular weight is 495 g/mol. The van der Waals surface area contributed by atoms with Crippen LogP contribution in [0.25, 0.3) is 5.76 Å². The summed E-state index contributed by atoms with van der Waals surface area (Å²) >= 11 is 0. The number of aliphatic hydroxyl groups excluding tert-OH is 1. The van der Waals surface area contributed by atoms with Gasteiger partial charge in [0, 0.05) is 32.0 Å². The molecule has 1 amide bonds. The highest BCUT2D eigenvalue weighted by molar-refractivity contribution is 6.46. The molecule has 1 N–H and O–H groups in total. The van der Waals surface area contributed by atoms with Gasteiger partial charge in [0.15, 0.2) is 11.5 Å². The molecule has 0 bridgehead atoms. The molecule has 4 rings (SSSR count). The van der Waals surface area contributed by atoms with Gasteiger partial charge in [0.05, 0.1) is 18.7 Å². The van der Waals surface area contributed by atoms with E-state index >= 15 is 0 Å². The number of hydrogen-bond donors (Lipinski definition) is 1. The number of amides is 1. The van der Waals surface area contributed by atoms with Crippen molar-refractivity contribution in [2.75, 3.05) is 34.3 Å². The summed E-state index contributed by atoms with van der Waals surface area (Å²) < 4.78 is 16.4. The summed E-state index contributed by atoms with van der Waals surface area (Å²) in [6.07, 6.45) is 0.703. The van der Waals surface area contributed by atoms with Crippen molar-refractivity contribution in [2.24, 2.45) is 0 Å². The lowest BCUT2D eigenvalue weighted by molar-refractivity contribution is -0.140. The number of ether oxygens (including phenoxy) is 3. The Kier molecular flexibility index (Phi) is 7.03. The number of methoxy groups -OCH3 is 1. The van der Waals surface area contributed by atoms with Gasteiger partial charge in [0.1, 0.15) is 17.6 Å². The molecule has 2 atom stereocenters. The van der Waals surface area contributed by atoms with Gasteiger partial charge in [-0.25, -0.2) is 0 Å². The average Bonchev–Trinajstić information content (AvgIpc) is 3.32. The fourth-order valence-electron chi connectivity index (χ4n) is 4.59. The highest BCUT2D eigenvalue weighted by Crippen LogP contribution is 2.42. The number of likely N-dealkylation sites (N-methyl/N-ethyl adjacent to an activating group) is 1. The largest absolute Gasteiger partial charge is 0.507 e. The molecule has 0 aliphatic carbocycles. The number of carbonyl (C=O) groups excluding carboxylic acids is 3. The molecule has 2 aromatic rings. The molecule has 0 radical (unpaired) electrons. The normalized spacial score (nSPS) is 20.4. The Morgan fingerprint density at radius 1 is 1.17 bits per heavy atom. The van der Waals surface area contributed by atoms with E-state index in [4.69, 9.17) is 14.2 Å². The first-order valence-electron chi connectivity index (χ1n) is 11.7. The highest BCUT2D eigenvalue weighted by Gasteiger charge is 2.46. The third-order valence-electron chi connectivity index (χ3n) is 6.25. The lowest BCUT2D eigenvalue weighted by Crippen LogP contribution is -2.35. The number of benzene rings is 2. The minimum absolute atomic E-state index is 0.0213. The number of Topliss-reactive ketones (excluding diaryl/α,β-unsaturated/α-hetero) is 1. The van der Waals surface area contributed by atoms with E-state index < -0.39 is 23.7 Å². The minimum Gasteiger partial charge on any atom is -0.507 e. The third kappa shape index (κ3) is 4.79. The zero-order valence-electron chi connectivity index (χ0n) is 21.0. The fourth-order valence-corrected chi connectivity index (χ4v) is 4.59. The Morgan fingerprint density at radius 3 is 2.58 bits per heavy atom. The van der Waals surface area contributed by atoms with Crippen LogP contribution in [0.2, 0.25) is 0 Å². The summed E-state index contributed by atoms with van der Waals surface area (Å²) in [6.45, 7) is 3.99. The topological polar surface area (TPSA) is 106 Å². The van der Waals surface area contributed by atoms with Gasteiger partial charge in [-0.3, -0.25) is 14.4 Å². The molecule has 0 saturated carbocycles. The van der Waals surface area contributed by atoms with Gasteiger partial charge in [-0.2, -0.15) is 0 Å². The molecule has 1 saturated heterocycles. The number of aliphatic hydroxyl groups is 1. The highest BCUT2D eigenvalue weighted by atomic mass is 16.6. The number of esters is 1. The van der Waals surface area contributed by atoms with E-state index in [-0.39, 0.29) is 29.7 Å². The molecule has 1 fully saturated rings. The monoisotopic (exact) mass is 494 g/mol. The van der Waals surface area contributed by atoms with Crippen LogP contribution in [0.4, 0.5) is 0 Å². The molecular weight excluding hydrogens is 464 g/mol. The molecule has 2 aliphatic rings. The second-order valence-corrected chi connectivity index (χ2v) is 9.25. The Bertz CT molecular complexity index is 1250. The number of likely N-dealkylation sites (tertiary alicyclic amines) is 1. The summed E-state index contributed by atoms with van der Waals surface area (Å²) in [6, 6.07) is 9.20. The number of ketones is 1. The lowest BCUT2D eigenvalue weighted by atomic mass is 9.94. The van der Waals surface area contributed by atoms with Crippen LogP contribution in [-0.4, -0.2) is 73.0 Å². The predicted molar refractivity (Wildman–Crippen MR) is 132 cm³/mol. The molecule has 2 aromatic carbocycles. The van der Waals surface area contributed by atoms with Crippen molar-refractivity contribution in [2.45, 2.75) is 32.4 Å². The number of nitrogens with zero attached hydrogens (tertiary/aromatic N) is 2.